The van der Waals surface area contributed by atoms with Crippen LogP contribution in [-0.4, -0.2) is 0 Å². The van der Waals surface area contributed by atoms with E-state index in [1.165, 1.54) is 16.7 Å². The first-order valence-corrected chi connectivity index (χ1v) is 6.92. The highest BCUT2D eigenvalue weighted by molar-refractivity contribution is 7.08. The highest BCUT2D eigenvalue weighted by Crippen LogP contribution is 2.19. The second-order valence-electron chi connectivity index (χ2n) is 4.29. The van der Waals surface area contributed by atoms with Gasteiger partial charge >= 0.3 is 0 Å². The summed E-state index contributed by atoms with van der Waals surface area (Å²) in [6.07, 6.45) is 0.493. The largest absolute Gasteiger partial charge is 0.305 e. The molecule has 0 radical (unpaired) electrons. The van der Waals surface area contributed by atoms with Crippen molar-refractivity contribution in [1.29, 1.82) is 5.26 Å². The molecule has 1 unspecified atom stereocenters. The van der Waals surface area contributed by atoms with Crippen molar-refractivity contribution in [3.63, 3.8) is 0 Å². The minimum absolute atomic E-state index is 0.107. The minimum Gasteiger partial charge on any atom is -0.305 e. The van der Waals surface area contributed by atoms with Gasteiger partial charge in [0, 0.05) is 12.6 Å². The molecular formula is C15H16N2S. The third-order valence-electron chi connectivity index (χ3n) is 3.00. The summed E-state index contributed by atoms with van der Waals surface area (Å²) < 4.78 is 0. The first-order chi connectivity index (χ1) is 8.81. The summed E-state index contributed by atoms with van der Waals surface area (Å²) in [6, 6.07) is 12.5. The molecule has 1 aromatic heterocycles. The van der Waals surface area contributed by atoms with Crippen molar-refractivity contribution in [2.24, 2.45) is 0 Å². The fraction of sp³-hybridized carbons (Fsp3) is 0.267. The van der Waals surface area contributed by atoms with E-state index in [4.69, 9.17) is 5.26 Å². The number of hydrogen-bond donors (Lipinski definition) is 1. The van der Waals surface area contributed by atoms with Gasteiger partial charge in [-0.2, -0.15) is 16.6 Å². The number of rotatable bonds is 5. The first kappa shape index (κ1) is 12.8. The molecule has 0 aliphatic rings. The van der Waals surface area contributed by atoms with Gasteiger partial charge in [-0.15, -0.1) is 0 Å². The summed E-state index contributed by atoms with van der Waals surface area (Å²) in [5.74, 6) is 0. The van der Waals surface area contributed by atoms with E-state index in [9.17, 15) is 0 Å². The Kier molecular flexibility index (Phi) is 4.52. The molecule has 0 bridgehead atoms. The molecule has 92 valence electrons. The van der Waals surface area contributed by atoms with E-state index in [1.807, 2.05) is 18.2 Å². The number of benzene rings is 1. The molecule has 1 atom stereocenters. The average molecular weight is 256 g/mol. The zero-order chi connectivity index (χ0) is 12.8. The maximum atomic E-state index is 8.92. The maximum absolute atomic E-state index is 8.92. The van der Waals surface area contributed by atoms with E-state index in [0.717, 1.165) is 6.54 Å². The van der Waals surface area contributed by atoms with E-state index < -0.39 is 0 Å². The van der Waals surface area contributed by atoms with Gasteiger partial charge in [-0.25, -0.2) is 0 Å². The number of nitriles is 1. The zero-order valence-electron chi connectivity index (χ0n) is 10.4. The highest BCUT2D eigenvalue weighted by Gasteiger charge is 2.10. The Labute approximate surface area is 112 Å². The van der Waals surface area contributed by atoms with Crippen LogP contribution >= 0.6 is 11.3 Å². The van der Waals surface area contributed by atoms with Crippen LogP contribution in [0, 0.1) is 18.3 Å². The first-order valence-electron chi connectivity index (χ1n) is 5.98. The normalized spacial score (nSPS) is 12.0. The number of nitrogens with zero attached hydrogens (tertiary/aromatic N) is 1. The van der Waals surface area contributed by atoms with Crippen molar-refractivity contribution in [1.82, 2.24) is 5.32 Å². The maximum Gasteiger partial charge on any atom is 0.0641 e. The zero-order valence-corrected chi connectivity index (χ0v) is 11.2. The van der Waals surface area contributed by atoms with Crippen molar-refractivity contribution in [3.8, 4) is 6.07 Å². The molecule has 1 N–H and O–H groups in total. The van der Waals surface area contributed by atoms with Crippen LogP contribution in [0.25, 0.3) is 0 Å². The Balaban J connectivity index is 2.04. The summed E-state index contributed by atoms with van der Waals surface area (Å²) in [6.45, 7) is 2.94. The molecule has 0 aliphatic carbocycles. The van der Waals surface area contributed by atoms with Crippen LogP contribution in [0.1, 0.15) is 29.2 Å². The van der Waals surface area contributed by atoms with E-state index in [-0.39, 0.29) is 6.04 Å². The second kappa shape index (κ2) is 6.34. The number of nitrogens with one attached hydrogen (secondary N) is 1. The Bertz CT molecular complexity index is 525. The molecule has 2 rings (SSSR count). The van der Waals surface area contributed by atoms with Crippen molar-refractivity contribution in [3.05, 3.63) is 57.8 Å². The lowest BCUT2D eigenvalue weighted by atomic mass is 10.0. The van der Waals surface area contributed by atoms with Gasteiger partial charge in [0.25, 0.3) is 0 Å². The van der Waals surface area contributed by atoms with Crippen LogP contribution in [0.2, 0.25) is 0 Å². The molecule has 0 amide bonds. The van der Waals surface area contributed by atoms with E-state index in [0.29, 0.717) is 6.42 Å². The monoisotopic (exact) mass is 256 g/mol. The van der Waals surface area contributed by atoms with Gasteiger partial charge in [-0.05, 0) is 34.4 Å². The molecule has 0 spiro atoms. The minimum atomic E-state index is 0.107. The quantitative estimate of drug-likeness (QED) is 0.883. The van der Waals surface area contributed by atoms with Crippen LogP contribution in [0.15, 0.2) is 41.1 Å². The summed E-state index contributed by atoms with van der Waals surface area (Å²) in [5, 5.41) is 16.7. The van der Waals surface area contributed by atoms with Gasteiger partial charge in [0.05, 0.1) is 12.5 Å². The van der Waals surface area contributed by atoms with Crippen molar-refractivity contribution < 1.29 is 0 Å². The Morgan fingerprint density at radius 3 is 2.67 bits per heavy atom. The van der Waals surface area contributed by atoms with Gasteiger partial charge in [0.1, 0.15) is 0 Å². The highest BCUT2D eigenvalue weighted by atomic mass is 32.1. The van der Waals surface area contributed by atoms with Gasteiger partial charge in [0.15, 0.2) is 0 Å². The van der Waals surface area contributed by atoms with Crippen molar-refractivity contribution in [2.45, 2.75) is 25.9 Å². The predicted octanol–water partition coefficient (Wildman–Crippen LogP) is 3.80. The van der Waals surface area contributed by atoms with Crippen LogP contribution in [0.4, 0.5) is 0 Å². The topological polar surface area (TPSA) is 35.8 Å². The lowest BCUT2D eigenvalue weighted by molar-refractivity contribution is 0.542. The van der Waals surface area contributed by atoms with E-state index in [1.54, 1.807) is 11.3 Å². The summed E-state index contributed by atoms with van der Waals surface area (Å²) >= 11 is 1.72. The molecule has 1 heterocycles. The lowest BCUT2D eigenvalue weighted by Crippen LogP contribution is -2.20. The summed E-state index contributed by atoms with van der Waals surface area (Å²) in [7, 11) is 0. The van der Waals surface area contributed by atoms with Crippen molar-refractivity contribution in [2.75, 3.05) is 0 Å². The lowest BCUT2D eigenvalue weighted by Gasteiger charge is -2.16. The Hall–Kier alpha value is -1.63. The molecule has 2 aromatic rings. The van der Waals surface area contributed by atoms with E-state index >= 15 is 0 Å². The van der Waals surface area contributed by atoms with Crippen LogP contribution in [-0.2, 0) is 6.54 Å². The Morgan fingerprint density at radius 2 is 2.06 bits per heavy atom. The molecule has 1 aromatic carbocycles. The number of thiophene rings is 1. The average Bonchev–Trinajstić information content (AvgIpc) is 2.81. The SMILES string of the molecule is Cc1cscc1CNC(CC#N)c1ccccc1. The summed E-state index contributed by atoms with van der Waals surface area (Å²) in [5.41, 5.74) is 3.81. The van der Waals surface area contributed by atoms with Crippen LogP contribution < -0.4 is 5.32 Å². The third kappa shape index (κ3) is 3.19. The molecule has 0 saturated heterocycles. The predicted molar refractivity (Wildman–Crippen MR) is 75.3 cm³/mol. The van der Waals surface area contributed by atoms with Gasteiger partial charge in [-0.3, -0.25) is 0 Å². The second-order valence-corrected chi connectivity index (χ2v) is 5.03. The third-order valence-corrected chi connectivity index (χ3v) is 3.91. The van der Waals surface area contributed by atoms with Crippen LogP contribution in [0.3, 0.4) is 0 Å². The smallest absolute Gasteiger partial charge is 0.0641 e. The molecule has 0 saturated carbocycles. The molecule has 2 nitrogen and oxygen atoms in total. The molecule has 0 fully saturated rings. The molecular weight excluding hydrogens is 240 g/mol. The fourth-order valence-corrected chi connectivity index (χ4v) is 2.74. The molecule has 3 heteroatoms. The van der Waals surface area contributed by atoms with Crippen LogP contribution in [0.5, 0.6) is 0 Å². The fourth-order valence-electron chi connectivity index (χ4n) is 1.89. The Morgan fingerprint density at radius 1 is 1.28 bits per heavy atom. The molecule has 0 aliphatic heterocycles. The van der Waals surface area contributed by atoms with Gasteiger partial charge < -0.3 is 5.32 Å². The van der Waals surface area contributed by atoms with Gasteiger partial charge in [-0.1, -0.05) is 30.3 Å². The number of aryl methyl sites for hydroxylation is 1. The van der Waals surface area contributed by atoms with Gasteiger partial charge in [0.2, 0.25) is 0 Å². The number of hydrogen-bond acceptors (Lipinski definition) is 3. The summed E-state index contributed by atoms with van der Waals surface area (Å²) in [4.78, 5) is 0. The van der Waals surface area contributed by atoms with Crippen molar-refractivity contribution >= 4 is 11.3 Å². The van der Waals surface area contributed by atoms with E-state index in [2.05, 4.69) is 41.2 Å². The molecule has 18 heavy (non-hydrogen) atoms. The standard InChI is InChI=1S/C15H16N2S/c1-12-10-18-11-14(12)9-17-15(7-8-16)13-5-3-2-4-6-13/h2-6,10-11,15,17H,7,9H2,1H3.